The summed E-state index contributed by atoms with van der Waals surface area (Å²) in [7, 11) is 1.70. The highest BCUT2D eigenvalue weighted by Crippen LogP contribution is 2.27. The van der Waals surface area contributed by atoms with Gasteiger partial charge in [0.05, 0.1) is 7.11 Å². The average molecular weight is 254 g/mol. The lowest BCUT2D eigenvalue weighted by Gasteiger charge is -2.09. The number of aldehydes is 1. The molecule has 0 radical (unpaired) electrons. The minimum Gasteiger partial charge on any atom is -0.496 e. The first-order valence-electron chi connectivity index (χ1n) is 6.48. The molecule has 2 aromatic rings. The summed E-state index contributed by atoms with van der Waals surface area (Å²) in [5, 5.41) is 0. The van der Waals surface area contributed by atoms with Crippen molar-refractivity contribution in [3.8, 4) is 16.9 Å². The van der Waals surface area contributed by atoms with Crippen LogP contribution in [0, 0.1) is 0 Å². The van der Waals surface area contributed by atoms with Gasteiger partial charge in [-0.1, -0.05) is 37.3 Å². The predicted molar refractivity (Wildman–Crippen MR) is 77.6 cm³/mol. The Morgan fingerprint density at radius 2 is 1.74 bits per heavy atom. The van der Waals surface area contributed by atoms with Gasteiger partial charge in [-0.25, -0.2) is 0 Å². The van der Waals surface area contributed by atoms with Gasteiger partial charge in [0.15, 0.2) is 0 Å². The lowest BCUT2D eigenvalue weighted by atomic mass is 10.00. The molecule has 2 heteroatoms. The lowest BCUT2D eigenvalue weighted by Crippen LogP contribution is -1.91. The molecule has 0 aliphatic heterocycles. The Bertz CT molecular complexity index is 556. The number of hydrogen-bond acceptors (Lipinski definition) is 2. The number of aryl methyl sites for hydroxylation is 1. The molecule has 0 spiro atoms. The molecule has 98 valence electrons. The van der Waals surface area contributed by atoms with E-state index in [0.717, 1.165) is 29.6 Å². The van der Waals surface area contributed by atoms with Crippen LogP contribution in [0.3, 0.4) is 0 Å². The number of carbonyl (C=O) groups is 1. The number of ether oxygens (including phenoxy) is 1. The third-order valence-corrected chi connectivity index (χ3v) is 3.27. The number of carbonyl (C=O) groups excluding carboxylic acids is 1. The summed E-state index contributed by atoms with van der Waals surface area (Å²) >= 11 is 0. The number of rotatable bonds is 5. The Balaban J connectivity index is 2.33. The van der Waals surface area contributed by atoms with Crippen molar-refractivity contribution in [1.29, 1.82) is 0 Å². The van der Waals surface area contributed by atoms with Gasteiger partial charge in [-0.3, -0.25) is 0 Å². The van der Waals surface area contributed by atoms with Crippen molar-refractivity contribution in [2.45, 2.75) is 19.8 Å². The van der Waals surface area contributed by atoms with Gasteiger partial charge in [-0.2, -0.15) is 0 Å². The molecule has 2 nitrogen and oxygen atoms in total. The molecule has 0 heterocycles. The fourth-order valence-corrected chi connectivity index (χ4v) is 2.16. The Morgan fingerprint density at radius 3 is 2.32 bits per heavy atom. The van der Waals surface area contributed by atoms with Gasteiger partial charge in [-0.15, -0.1) is 0 Å². The molecule has 2 aromatic carbocycles. The molecule has 0 aliphatic carbocycles. The van der Waals surface area contributed by atoms with Crippen LogP contribution >= 0.6 is 0 Å². The van der Waals surface area contributed by atoms with Crippen LogP contribution < -0.4 is 4.74 Å². The molecule has 2 rings (SSSR count). The smallest absolute Gasteiger partial charge is 0.124 e. The lowest BCUT2D eigenvalue weighted by molar-refractivity contribution is -0.107. The maximum absolute atomic E-state index is 10.5. The van der Waals surface area contributed by atoms with Crippen LogP contribution in [0.25, 0.3) is 11.1 Å². The van der Waals surface area contributed by atoms with Crippen molar-refractivity contribution in [3.63, 3.8) is 0 Å². The van der Waals surface area contributed by atoms with Gasteiger partial charge in [0, 0.05) is 6.42 Å². The molecule has 19 heavy (non-hydrogen) atoms. The Kier molecular flexibility index (Phi) is 4.35. The summed E-state index contributed by atoms with van der Waals surface area (Å²) in [5.74, 6) is 0.934. The van der Waals surface area contributed by atoms with Crippen molar-refractivity contribution in [1.82, 2.24) is 0 Å². The van der Waals surface area contributed by atoms with Crippen LogP contribution in [0.2, 0.25) is 0 Å². The summed E-state index contributed by atoms with van der Waals surface area (Å²) in [5.41, 5.74) is 4.59. The van der Waals surface area contributed by atoms with Gasteiger partial charge in [0.25, 0.3) is 0 Å². The second-order valence-corrected chi connectivity index (χ2v) is 4.45. The highest BCUT2D eigenvalue weighted by molar-refractivity contribution is 5.66. The zero-order chi connectivity index (χ0) is 13.7. The number of benzene rings is 2. The van der Waals surface area contributed by atoms with E-state index >= 15 is 0 Å². The van der Waals surface area contributed by atoms with Crippen molar-refractivity contribution in [3.05, 3.63) is 53.6 Å². The second kappa shape index (κ2) is 6.19. The van der Waals surface area contributed by atoms with Gasteiger partial charge >= 0.3 is 0 Å². The topological polar surface area (TPSA) is 26.3 Å². The third-order valence-electron chi connectivity index (χ3n) is 3.27. The van der Waals surface area contributed by atoms with E-state index < -0.39 is 0 Å². The van der Waals surface area contributed by atoms with Crippen molar-refractivity contribution >= 4 is 6.29 Å². The van der Waals surface area contributed by atoms with E-state index in [1.54, 1.807) is 7.11 Å². The van der Waals surface area contributed by atoms with Crippen LogP contribution in [0.4, 0.5) is 0 Å². The maximum atomic E-state index is 10.5. The molecule has 0 amide bonds. The van der Waals surface area contributed by atoms with Crippen LogP contribution in [-0.4, -0.2) is 13.4 Å². The molecule has 0 aromatic heterocycles. The Hall–Kier alpha value is -2.09. The molecular formula is C17H18O2. The van der Waals surface area contributed by atoms with Crippen molar-refractivity contribution in [2.75, 3.05) is 7.11 Å². The van der Waals surface area contributed by atoms with Crippen LogP contribution in [0.5, 0.6) is 5.75 Å². The molecule has 0 aliphatic rings. The molecule has 0 atom stereocenters. The van der Waals surface area contributed by atoms with Crippen LogP contribution in [-0.2, 0) is 17.6 Å². The maximum Gasteiger partial charge on any atom is 0.124 e. The number of methoxy groups -OCH3 is 1. The van der Waals surface area contributed by atoms with E-state index in [-0.39, 0.29) is 0 Å². The van der Waals surface area contributed by atoms with Gasteiger partial charge in [-0.05, 0) is 40.8 Å². The molecule has 0 fully saturated rings. The highest BCUT2D eigenvalue weighted by atomic mass is 16.5. The highest BCUT2D eigenvalue weighted by Gasteiger charge is 2.04. The van der Waals surface area contributed by atoms with Gasteiger partial charge in [0.1, 0.15) is 12.0 Å². The summed E-state index contributed by atoms with van der Waals surface area (Å²) in [6.45, 7) is 2.12. The van der Waals surface area contributed by atoms with E-state index in [9.17, 15) is 4.79 Å². The van der Waals surface area contributed by atoms with E-state index in [0.29, 0.717) is 6.42 Å². The second-order valence-electron chi connectivity index (χ2n) is 4.45. The standard InChI is InChI=1S/C17H18O2/c1-3-14-12-16(8-9-17(14)19-2)15-6-4-13(5-7-15)10-11-18/h4-9,11-12H,3,10H2,1-2H3. The minimum atomic E-state index is 0.475. The van der Waals surface area contributed by atoms with Gasteiger partial charge in [0.2, 0.25) is 0 Å². The first kappa shape index (κ1) is 13.3. The minimum absolute atomic E-state index is 0.475. The van der Waals surface area contributed by atoms with Crippen LogP contribution in [0.1, 0.15) is 18.1 Å². The zero-order valence-electron chi connectivity index (χ0n) is 11.3. The summed E-state index contributed by atoms with van der Waals surface area (Å²) < 4.78 is 5.34. The normalized spacial score (nSPS) is 10.2. The van der Waals surface area contributed by atoms with Gasteiger partial charge < -0.3 is 9.53 Å². The van der Waals surface area contributed by atoms with Crippen molar-refractivity contribution < 1.29 is 9.53 Å². The van der Waals surface area contributed by atoms with E-state index in [1.165, 1.54) is 11.1 Å². The zero-order valence-corrected chi connectivity index (χ0v) is 11.3. The Morgan fingerprint density at radius 1 is 1.05 bits per heavy atom. The van der Waals surface area contributed by atoms with E-state index in [1.807, 2.05) is 18.2 Å². The SMILES string of the molecule is CCc1cc(-c2ccc(CC=O)cc2)ccc1OC. The molecule has 0 saturated carbocycles. The molecular weight excluding hydrogens is 236 g/mol. The average Bonchev–Trinajstić information content (AvgIpc) is 2.47. The third kappa shape index (κ3) is 3.02. The first-order valence-corrected chi connectivity index (χ1v) is 6.48. The molecule has 0 unspecified atom stereocenters. The largest absolute Gasteiger partial charge is 0.496 e. The molecule has 0 N–H and O–H groups in total. The van der Waals surface area contributed by atoms with Crippen LogP contribution in [0.15, 0.2) is 42.5 Å². The predicted octanol–water partition coefficient (Wildman–Crippen LogP) is 3.67. The first-order chi connectivity index (χ1) is 9.28. The van der Waals surface area contributed by atoms with Crippen molar-refractivity contribution in [2.24, 2.45) is 0 Å². The fourth-order valence-electron chi connectivity index (χ4n) is 2.16. The van der Waals surface area contributed by atoms with E-state index in [2.05, 4.69) is 31.2 Å². The summed E-state index contributed by atoms with van der Waals surface area (Å²) in [4.78, 5) is 10.5. The fraction of sp³-hybridized carbons (Fsp3) is 0.235. The molecule has 0 bridgehead atoms. The quantitative estimate of drug-likeness (QED) is 0.761. The Labute approximate surface area is 114 Å². The monoisotopic (exact) mass is 254 g/mol. The number of hydrogen-bond donors (Lipinski definition) is 0. The van der Waals surface area contributed by atoms with E-state index in [4.69, 9.17) is 4.74 Å². The summed E-state index contributed by atoms with van der Waals surface area (Å²) in [6, 6.07) is 14.3. The molecule has 0 saturated heterocycles. The summed E-state index contributed by atoms with van der Waals surface area (Å²) in [6.07, 6.45) is 2.35.